The van der Waals surface area contributed by atoms with Crippen molar-refractivity contribution in [1.82, 2.24) is 9.47 Å². The van der Waals surface area contributed by atoms with E-state index in [-0.39, 0.29) is 37.3 Å². The third kappa shape index (κ3) is 3.14. The lowest BCUT2D eigenvalue weighted by molar-refractivity contribution is -0.158. The van der Waals surface area contributed by atoms with Crippen LogP contribution in [0, 0.1) is 0 Å². The van der Waals surface area contributed by atoms with Crippen molar-refractivity contribution < 1.29 is 23.5 Å². The summed E-state index contributed by atoms with van der Waals surface area (Å²) in [6, 6.07) is 13.6. The lowest BCUT2D eigenvalue weighted by atomic mass is 9.95. The third-order valence-electron chi connectivity index (χ3n) is 6.48. The van der Waals surface area contributed by atoms with E-state index in [1.807, 2.05) is 19.9 Å². The van der Waals surface area contributed by atoms with Gasteiger partial charge in [-0.15, -0.1) is 0 Å². The van der Waals surface area contributed by atoms with Crippen molar-refractivity contribution in [2.75, 3.05) is 11.5 Å². The molecular weight excluding hydrogens is 438 g/mol. The molecule has 0 radical (unpaired) electrons. The minimum absolute atomic E-state index is 0.0241. The van der Waals surface area contributed by atoms with Gasteiger partial charge in [0.2, 0.25) is 11.6 Å². The average Bonchev–Trinajstić information content (AvgIpc) is 3.33. The van der Waals surface area contributed by atoms with Gasteiger partial charge in [0.05, 0.1) is 23.4 Å². The van der Waals surface area contributed by atoms with Crippen LogP contribution in [0.25, 0.3) is 11.1 Å². The van der Waals surface area contributed by atoms with Crippen LogP contribution in [-0.2, 0) is 20.9 Å². The van der Waals surface area contributed by atoms with Crippen molar-refractivity contribution in [2.45, 2.75) is 51.4 Å². The zero-order valence-corrected chi connectivity index (χ0v) is 19.0. The summed E-state index contributed by atoms with van der Waals surface area (Å²) in [5, 5.41) is 0. The highest BCUT2D eigenvalue weighted by Gasteiger charge is 2.62. The van der Waals surface area contributed by atoms with E-state index in [0.717, 1.165) is 0 Å². The van der Waals surface area contributed by atoms with E-state index < -0.39 is 17.4 Å². The monoisotopic (exact) mass is 463 g/mol. The van der Waals surface area contributed by atoms with E-state index in [1.165, 1.54) is 14.4 Å². The maximum absolute atomic E-state index is 13.6. The van der Waals surface area contributed by atoms with Gasteiger partial charge in [-0.2, -0.15) is 0 Å². The Balaban J connectivity index is 1.39. The zero-order chi connectivity index (χ0) is 24.0. The second-order valence-corrected chi connectivity index (χ2v) is 8.81. The van der Waals surface area contributed by atoms with Crippen LogP contribution in [0.5, 0.6) is 0 Å². The molecule has 5 rings (SSSR count). The molecule has 1 fully saturated rings. The van der Waals surface area contributed by atoms with E-state index in [4.69, 9.17) is 9.15 Å². The molecule has 0 saturated carbocycles. The Bertz CT molecular complexity index is 1360. The van der Waals surface area contributed by atoms with E-state index in [0.29, 0.717) is 35.3 Å². The standard InChI is InChI=1S/C25H25N3O6/c1-16(2)27-22(30)17-8-3-4-9-18(17)28-21(29)12-13-25(27,28)23(31)33-15-7-14-26-19-10-5-6-11-20(19)34-24(26)32/h3-6,8-11,16H,7,12-15H2,1-2H3. The third-order valence-corrected chi connectivity index (χ3v) is 6.48. The van der Waals surface area contributed by atoms with Crippen molar-refractivity contribution in [3.63, 3.8) is 0 Å². The van der Waals surface area contributed by atoms with Crippen molar-refractivity contribution in [3.8, 4) is 0 Å². The Hall–Kier alpha value is -3.88. The van der Waals surface area contributed by atoms with Gasteiger partial charge in [0, 0.05) is 25.4 Å². The van der Waals surface area contributed by atoms with Crippen LogP contribution in [0.3, 0.4) is 0 Å². The number of anilines is 1. The topological polar surface area (TPSA) is 102 Å². The Morgan fingerprint density at radius 2 is 1.82 bits per heavy atom. The van der Waals surface area contributed by atoms with Gasteiger partial charge in [-0.05, 0) is 44.5 Å². The molecule has 9 nitrogen and oxygen atoms in total. The molecular formula is C25H25N3O6. The van der Waals surface area contributed by atoms with Crippen LogP contribution in [-0.4, -0.2) is 45.6 Å². The number of carbonyl (C=O) groups is 3. The number of nitrogens with zero attached hydrogens (tertiary/aromatic N) is 3. The van der Waals surface area contributed by atoms with Crippen molar-refractivity contribution >= 4 is 34.6 Å². The number of amides is 2. The van der Waals surface area contributed by atoms with Crippen LogP contribution in [0.15, 0.2) is 57.7 Å². The zero-order valence-electron chi connectivity index (χ0n) is 19.0. The SMILES string of the molecule is CC(C)N1C(=O)c2ccccc2N2C(=O)CCC21C(=O)OCCCn1c(=O)oc2ccccc21. The molecule has 9 heteroatoms. The summed E-state index contributed by atoms with van der Waals surface area (Å²) in [7, 11) is 0. The summed E-state index contributed by atoms with van der Waals surface area (Å²) in [6.07, 6.45) is 0.663. The van der Waals surface area contributed by atoms with Crippen LogP contribution >= 0.6 is 0 Å². The molecule has 0 aliphatic carbocycles. The molecule has 2 aliphatic heterocycles. The highest BCUT2D eigenvalue weighted by molar-refractivity contribution is 6.15. The van der Waals surface area contributed by atoms with E-state index in [1.54, 1.807) is 42.5 Å². The summed E-state index contributed by atoms with van der Waals surface area (Å²) in [4.78, 5) is 55.0. The van der Waals surface area contributed by atoms with Crippen LogP contribution in [0.1, 0.15) is 43.5 Å². The van der Waals surface area contributed by atoms with E-state index in [2.05, 4.69) is 0 Å². The molecule has 1 atom stereocenters. The quantitative estimate of drug-likeness (QED) is 0.412. The van der Waals surface area contributed by atoms with Crippen molar-refractivity contribution in [2.24, 2.45) is 0 Å². The normalized spacial score (nSPS) is 19.6. The molecule has 34 heavy (non-hydrogen) atoms. The predicted octanol–water partition coefficient (Wildman–Crippen LogP) is 2.92. The first-order valence-corrected chi connectivity index (χ1v) is 11.4. The highest BCUT2D eigenvalue weighted by atomic mass is 16.5. The van der Waals surface area contributed by atoms with Crippen molar-refractivity contribution in [1.29, 1.82) is 0 Å². The van der Waals surface area contributed by atoms with Gasteiger partial charge < -0.3 is 14.1 Å². The summed E-state index contributed by atoms with van der Waals surface area (Å²) in [5.74, 6) is -1.64. The molecule has 0 bridgehead atoms. The molecule has 1 saturated heterocycles. The first-order chi connectivity index (χ1) is 16.4. The number of oxazole rings is 1. The van der Waals surface area contributed by atoms with Gasteiger partial charge in [-0.3, -0.25) is 19.1 Å². The number of ether oxygens (including phenoxy) is 1. The summed E-state index contributed by atoms with van der Waals surface area (Å²) < 4.78 is 12.4. The molecule has 2 amide bonds. The second-order valence-electron chi connectivity index (χ2n) is 8.81. The lowest BCUT2D eigenvalue weighted by Crippen LogP contribution is -2.70. The van der Waals surface area contributed by atoms with Crippen LogP contribution in [0.2, 0.25) is 0 Å². The number of hydrogen-bond donors (Lipinski definition) is 0. The summed E-state index contributed by atoms with van der Waals surface area (Å²) >= 11 is 0. The van der Waals surface area contributed by atoms with Crippen LogP contribution in [0.4, 0.5) is 5.69 Å². The molecule has 176 valence electrons. The number of aromatic nitrogens is 1. The molecule has 1 unspecified atom stereocenters. The first-order valence-electron chi connectivity index (χ1n) is 11.4. The largest absolute Gasteiger partial charge is 0.462 e. The first kappa shape index (κ1) is 21.9. The van der Waals surface area contributed by atoms with Gasteiger partial charge in [0.1, 0.15) is 0 Å². The Morgan fingerprint density at radius 1 is 1.09 bits per heavy atom. The molecule has 1 aromatic heterocycles. The van der Waals surface area contributed by atoms with Gasteiger partial charge in [-0.1, -0.05) is 24.3 Å². The number of hydrogen-bond acceptors (Lipinski definition) is 6. The van der Waals surface area contributed by atoms with E-state index >= 15 is 0 Å². The highest BCUT2D eigenvalue weighted by Crippen LogP contribution is 2.45. The number of fused-ring (bicyclic) bond motifs is 4. The smallest absolute Gasteiger partial charge is 0.419 e. The van der Waals surface area contributed by atoms with Gasteiger partial charge in [0.15, 0.2) is 5.58 Å². The second kappa shape index (κ2) is 8.16. The summed E-state index contributed by atoms with van der Waals surface area (Å²) in [6.45, 7) is 3.96. The van der Waals surface area contributed by atoms with Gasteiger partial charge in [0.25, 0.3) is 5.91 Å². The molecule has 3 aromatic rings. The number of para-hydroxylation sites is 3. The predicted molar refractivity (Wildman–Crippen MR) is 123 cm³/mol. The minimum atomic E-state index is -1.52. The number of aryl methyl sites for hydroxylation is 1. The van der Waals surface area contributed by atoms with E-state index in [9.17, 15) is 19.2 Å². The fourth-order valence-corrected chi connectivity index (χ4v) is 5.10. The van der Waals surface area contributed by atoms with Gasteiger partial charge >= 0.3 is 11.7 Å². The molecule has 2 aliphatic rings. The van der Waals surface area contributed by atoms with Gasteiger partial charge in [-0.25, -0.2) is 9.59 Å². The lowest BCUT2D eigenvalue weighted by Gasteiger charge is -2.50. The minimum Gasteiger partial charge on any atom is -0.462 e. The Kier molecular flexibility index (Phi) is 5.27. The Morgan fingerprint density at radius 3 is 2.62 bits per heavy atom. The number of esters is 1. The fourth-order valence-electron chi connectivity index (χ4n) is 5.10. The molecule has 2 aromatic carbocycles. The molecule has 0 N–H and O–H groups in total. The maximum atomic E-state index is 13.6. The number of carbonyl (C=O) groups excluding carboxylic acids is 3. The van der Waals surface area contributed by atoms with Crippen molar-refractivity contribution in [3.05, 3.63) is 64.6 Å². The molecule has 3 heterocycles. The van der Waals surface area contributed by atoms with Crippen LogP contribution < -0.4 is 10.7 Å². The number of benzene rings is 2. The maximum Gasteiger partial charge on any atom is 0.419 e. The fraction of sp³-hybridized carbons (Fsp3) is 0.360. The summed E-state index contributed by atoms with van der Waals surface area (Å²) in [5.41, 5.74) is 0.470. The Labute approximate surface area is 195 Å². The number of rotatable bonds is 6. The molecule has 0 spiro atoms. The average molecular weight is 463 g/mol.